The molecule has 26 heavy (non-hydrogen) atoms. The van der Waals surface area contributed by atoms with Crippen LogP contribution in [0.2, 0.25) is 5.02 Å². The van der Waals surface area contributed by atoms with Gasteiger partial charge in [-0.05, 0) is 24.7 Å². The molecule has 2 heterocycles. The molecule has 6 heteroatoms. The number of likely N-dealkylation sites (N-methyl/N-ethyl adjacent to an activating group) is 1. The molecule has 1 fully saturated rings. The number of hydrogen-bond donors (Lipinski definition) is 0. The van der Waals surface area contributed by atoms with Crippen LogP contribution in [0, 0.1) is 0 Å². The fourth-order valence-corrected chi connectivity index (χ4v) is 3.55. The summed E-state index contributed by atoms with van der Waals surface area (Å²) in [6.45, 7) is 3.59. The Bertz CT molecular complexity index is 867. The molecular weight excluding hydrogens is 348 g/mol. The van der Waals surface area contributed by atoms with Gasteiger partial charge in [-0.15, -0.1) is 0 Å². The number of halogens is 1. The first-order valence-corrected chi connectivity index (χ1v) is 9.13. The van der Waals surface area contributed by atoms with Crippen LogP contribution in [0.1, 0.15) is 17.5 Å². The highest BCUT2D eigenvalue weighted by molar-refractivity contribution is 6.30. The molecule has 0 bridgehead atoms. The lowest BCUT2D eigenvalue weighted by molar-refractivity contribution is 0.0825. The van der Waals surface area contributed by atoms with E-state index in [1.807, 2.05) is 24.3 Å². The summed E-state index contributed by atoms with van der Waals surface area (Å²) in [5.41, 5.74) is 2.21. The zero-order chi connectivity index (χ0) is 17.9. The molecule has 2 aromatic carbocycles. The van der Waals surface area contributed by atoms with Gasteiger partial charge in [-0.2, -0.15) is 4.98 Å². The number of aromatic nitrogens is 2. The fraction of sp³-hybridized carbons (Fsp3) is 0.300. The molecule has 5 nitrogen and oxygen atoms in total. The molecule has 0 amide bonds. The summed E-state index contributed by atoms with van der Waals surface area (Å²) in [7, 11) is 2.18. The standard InChI is InChI=1S/C20H21ClN4O/c1-24-10-11-25(13-18(24)15-6-3-2-4-7-15)14-19-22-20(23-26-19)16-8-5-9-17(21)12-16/h2-9,12,18H,10-11,13-14H2,1H3/t18-/m1/s1. The van der Waals surface area contributed by atoms with Crippen LogP contribution in [0.25, 0.3) is 11.4 Å². The Labute approximate surface area is 158 Å². The van der Waals surface area contributed by atoms with Crippen molar-refractivity contribution in [3.8, 4) is 11.4 Å². The second-order valence-electron chi connectivity index (χ2n) is 6.66. The molecule has 0 unspecified atom stereocenters. The van der Waals surface area contributed by atoms with Crippen molar-refractivity contribution < 1.29 is 4.52 Å². The van der Waals surface area contributed by atoms with Crippen molar-refractivity contribution in [2.24, 2.45) is 0 Å². The molecule has 0 saturated carbocycles. The van der Waals surface area contributed by atoms with Gasteiger partial charge in [0, 0.05) is 36.3 Å². The van der Waals surface area contributed by atoms with Crippen molar-refractivity contribution in [3.05, 3.63) is 71.1 Å². The highest BCUT2D eigenvalue weighted by Gasteiger charge is 2.26. The monoisotopic (exact) mass is 368 g/mol. The van der Waals surface area contributed by atoms with Crippen LogP contribution >= 0.6 is 11.6 Å². The fourth-order valence-electron chi connectivity index (χ4n) is 3.36. The van der Waals surface area contributed by atoms with Gasteiger partial charge in [-0.1, -0.05) is 59.2 Å². The third kappa shape index (κ3) is 3.80. The molecular formula is C20H21ClN4O. The number of hydrogen-bond acceptors (Lipinski definition) is 5. The van der Waals surface area contributed by atoms with E-state index in [-0.39, 0.29) is 0 Å². The van der Waals surface area contributed by atoms with Crippen LogP contribution in [0.5, 0.6) is 0 Å². The molecule has 3 aromatic rings. The minimum atomic E-state index is 0.375. The molecule has 1 aliphatic heterocycles. The van der Waals surface area contributed by atoms with Crippen LogP contribution < -0.4 is 0 Å². The summed E-state index contributed by atoms with van der Waals surface area (Å²) in [6, 6.07) is 18.5. The Balaban J connectivity index is 1.46. The van der Waals surface area contributed by atoms with Gasteiger partial charge < -0.3 is 4.52 Å². The van der Waals surface area contributed by atoms with Gasteiger partial charge in [0.25, 0.3) is 0 Å². The normalized spacial score (nSPS) is 18.9. The van der Waals surface area contributed by atoms with Gasteiger partial charge >= 0.3 is 0 Å². The highest BCUT2D eigenvalue weighted by Crippen LogP contribution is 2.25. The first kappa shape index (κ1) is 17.2. The molecule has 1 atom stereocenters. The molecule has 0 radical (unpaired) electrons. The highest BCUT2D eigenvalue weighted by atomic mass is 35.5. The van der Waals surface area contributed by atoms with Gasteiger partial charge in [0.05, 0.1) is 6.54 Å². The first-order valence-electron chi connectivity index (χ1n) is 8.75. The Kier molecular flexibility index (Phi) is 5.02. The van der Waals surface area contributed by atoms with Gasteiger partial charge in [-0.3, -0.25) is 9.80 Å². The summed E-state index contributed by atoms with van der Waals surface area (Å²) in [5.74, 6) is 1.22. The first-order chi connectivity index (χ1) is 12.7. The molecule has 1 aromatic heterocycles. The lowest BCUT2D eigenvalue weighted by Crippen LogP contribution is -2.46. The lowest BCUT2D eigenvalue weighted by Gasteiger charge is -2.39. The molecule has 0 spiro atoms. The largest absolute Gasteiger partial charge is 0.338 e. The van der Waals surface area contributed by atoms with Crippen molar-refractivity contribution in [1.29, 1.82) is 0 Å². The number of rotatable bonds is 4. The van der Waals surface area contributed by atoms with E-state index in [4.69, 9.17) is 16.1 Å². The topological polar surface area (TPSA) is 45.4 Å². The lowest BCUT2D eigenvalue weighted by atomic mass is 10.0. The average molecular weight is 369 g/mol. The smallest absolute Gasteiger partial charge is 0.241 e. The minimum absolute atomic E-state index is 0.375. The van der Waals surface area contributed by atoms with Crippen molar-refractivity contribution in [2.45, 2.75) is 12.6 Å². The maximum atomic E-state index is 6.05. The third-order valence-electron chi connectivity index (χ3n) is 4.83. The van der Waals surface area contributed by atoms with Gasteiger partial charge in [0.15, 0.2) is 0 Å². The van der Waals surface area contributed by atoms with Crippen molar-refractivity contribution >= 4 is 11.6 Å². The Hall–Kier alpha value is -2.21. The summed E-state index contributed by atoms with van der Waals surface area (Å²) in [4.78, 5) is 9.31. The van der Waals surface area contributed by atoms with Crippen LogP contribution in [0.3, 0.4) is 0 Å². The van der Waals surface area contributed by atoms with E-state index in [9.17, 15) is 0 Å². The summed E-state index contributed by atoms with van der Waals surface area (Å²) in [5, 5.41) is 4.77. The number of nitrogens with zero attached hydrogens (tertiary/aromatic N) is 4. The van der Waals surface area contributed by atoms with Gasteiger partial charge in [0.2, 0.25) is 11.7 Å². The second kappa shape index (κ2) is 7.58. The maximum Gasteiger partial charge on any atom is 0.241 e. The predicted molar refractivity (Wildman–Crippen MR) is 102 cm³/mol. The molecule has 1 aliphatic rings. The van der Waals surface area contributed by atoms with Crippen LogP contribution in [0.15, 0.2) is 59.1 Å². The van der Waals surface area contributed by atoms with Gasteiger partial charge in [-0.25, -0.2) is 0 Å². The number of benzene rings is 2. The molecule has 1 saturated heterocycles. The van der Waals surface area contributed by atoms with E-state index < -0.39 is 0 Å². The van der Waals surface area contributed by atoms with Crippen LogP contribution in [-0.4, -0.2) is 46.6 Å². The SMILES string of the molecule is CN1CCN(Cc2nc(-c3cccc(Cl)c3)no2)C[C@@H]1c1ccccc1. The number of piperazine rings is 1. The molecule has 0 aliphatic carbocycles. The average Bonchev–Trinajstić information content (AvgIpc) is 3.13. The van der Waals surface area contributed by atoms with E-state index in [1.54, 1.807) is 0 Å². The third-order valence-corrected chi connectivity index (χ3v) is 5.06. The van der Waals surface area contributed by atoms with Crippen LogP contribution in [0.4, 0.5) is 0 Å². The zero-order valence-corrected chi connectivity index (χ0v) is 15.4. The minimum Gasteiger partial charge on any atom is -0.338 e. The Morgan fingerprint density at radius 1 is 1.12 bits per heavy atom. The second-order valence-corrected chi connectivity index (χ2v) is 7.10. The molecule has 4 rings (SSSR count). The van der Waals surface area contributed by atoms with E-state index in [1.165, 1.54) is 5.56 Å². The predicted octanol–water partition coefficient (Wildman–Crippen LogP) is 3.88. The zero-order valence-electron chi connectivity index (χ0n) is 14.7. The Morgan fingerprint density at radius 3 is 2.77 bits per heavy atom. The Morgan fingerprint density at radius 2 is 1.96 bits per heavy atom. The summed E-state index contributed by atoms with van der Waals surface area (Å²) >= 11 is 6.05. The van der Waals surface area contributed by atoms with E-state index in [0.29, 0.717) is 29.3 Å². The van der Waals surface area contributed by atoms with E-state index >= 15 is 0 Å². The van der Waals surface area contributed by atoms with Crippen molar-refractivity contribution in [3.63, 3.8) is 0 Å². The quantitative estimate of drug-likeness (QED) is 0.699. The van der Waals surface area contributed by atoms with E-state index in [0.717, 1.165) is 25.2 Å². The maximum absolute atomic E-state index is 6.05. The van der Waals surface area contributed by atoms with Crippen molar-refractivity contribution in [2.75, 3.05) is 26.7 Å². The summed E-state index contributed by atoms with van der Waals surface area (Å²) in [6.07, 6.45) is 0. The van der Waals surface area contributed by atoms with Crippen molar-refractivity contribution in [1.82, 2.24) is 19.9 Å². The van der Waals surface area contributed by atoms with E-state index in [2.05, 4.69) is 57.3 Å². The molecule has 134 valence electrons. The van der Waals surface area contributed by atoms with Crippen LogP contribution in [-0.2, 0) is 6.54 Å². The summed E-state index contributed by atoms with van der Waals surface area (Å²) < 4.78 is 5.47. The molecule has 0 N–H and O–H groups in total. The van der Waals surface area contributed by atoms with Gasteiger partial charge in [0.1, 0.15) is 0 Å².